The second kappa shape index (κ2) is 8.98. The number of hydrogen-bond donors (Lipinski definition) is 3. The van der Waals surface area contributed by atoms with E-state index in [0.29, 0.717) is 18.7 Å². The van der Waals surface area contributed by atoms with Gasteiger partial charge >= 0.3 is 6.03 Å². The maximum Gasteiger partial charge on any atom is 0.319 e. The highest BCUT2D eigenvalue weighted by Gasteiger charge is 2.24. The lowest BCUT2D eigenvalue weighted by Gasteiger charge is -2.22. The lowest BCUT2D eigenvalue weighted by Crippen LogP contribution is -2.51. The van der Waals surface area contributed by atoms with Crippen molar-refractivity contribution in [2.45, 2.75) is 26.3 Å². The first-order chi connectivity index (χ1) is 13.5. The minimum atomic E-state index is -0.640. The molecule has 3 rings (SSSR count). The topological polar surface area (TPSA) is 100 Å². The second-order valence-electron chi connectivity index (χ2n) is 6.77. The number of urea groups is 1. The van der Waals surface area contributed by atoms with Gasteiger partial charge in [-0.2, -0.15) is 0 Å². The number of rotatable bonds is 7. The first-order valence-corrected chi connectivity index (χ1v) is 9.23. The number of benzene rings is 1. The highest BCUT2D eigenvalue weighted by molar-refractivity contribution is 5.93. The summed E-state index contributed by atoms with van der Waals surface area (Å²) in [5.41, 5.74) is 1.43. The van der Waals surface area contributed by atoms with Gasteiger partial charge in [0, 0.05) is 24.8 Å². The Morgan fingerprint density at radius 2 is 1.79 bits per heavy atom. The summed E-state index contributed by atoms with van der Waals surface area (Å²) in [6.45, 7) is 4.18. The van der Waals surface area contributed by atoms with Crippen LogP contribution in [-0.4, -0.2) is 39.1 Å². The normalized spacial score (nSPS) is 12.0. The van der Waals surface area contributed by atoms with Crippen LogP contribution in [0.5, 0.6) is 0 Å². The van der Waals surface area contributed by atoms with Gasteiger partial charge in [-0.1, -0.05) is 38.1 Å². The van der Waals surface area contributed by atoms with Crippen LogP contribution in [0.4, 0.5) is 10.5 Å². The molecule has 3 N–H and O–H groups in total. The molecule has 3 aromatic rings. The molecule has 2 heterocycles. The number of pyridine rings is 1. The molecule has 146 valence electrons. The lowest BCUT2D eigenvalue weighted by molar-refractivity contribution is -0.123. The summed E-state index contributed by atoms with van der Waals surface area (Å²) in [6.07, 6.45) is 2.43. The second-order valence-corrected chi connectivity index (χ2v) is 6.77. The zero-order valence-electron chi connectivity index (χ0n) is 15.9. The van der Waals surface area contributed by atoms with Gasteiger partial charge in [-0.15, -0.1) is 10.2 Å². The Kier molecular flexibility index (Phi) is 6.21. The fourth-order valence-corrected chi connectivity index (χ4v) is 2.83. The molecule has 1 atom stereocenters. The Morgan fingerprint density at radius 3 is 2.54 bits per heavy atom. The van der Waals surface area contributed by atoms with E-state index in [9.17, 15) is 9.59 Å². The van der Waals surface area contributed by atoms with Crippen molar-refractivity contribution < 1.29 is 9.59 Å². The molecule has 1 aromatic carbocycles. The highest BCUT2D eigenvalue weighted by atomic mass is 16.2. The van der Waals surface area contributed by atoms with Crippen molar-refractivity contribution in [1.29, 1.82) is 0 Å². The van der Waals surface area contributed by atoms with Gasteiger partial charge < -0.3 is 16.0 Å². The molecular weight excluding hydrogens is 356 g/mol. The molecule has 0 aliphatic heterocycles. The first-order valence-electron chi connectivity index (χ1n) is 9.23. The molecule has 0 fully saturated rings. The van der Waals surface area contributed by atoms with Crippen LogP contribution in [0.1, 0.15) is 19.7 Å². The van der Waals surface area contributed by atoms with Crippen LogP contribution in [-0.2, 0) is 11.2 Å². The van der Waals surface area contributed by atoms with Crippen LogP contribution in [0, 0.1) is 5.92 Å². The Bertz CT molecular complexity index is 938. The van der Waals surface area contributed by atoms with Crippen molar-refractivity contribution in [3.63, 3.8) is 0 Å². The third-order valence-corrected chi connectivity index (χ3v) is 4.30. The highest BCUT2D eigenvalue weighted by Crippen LogP contribution is 2.07. The van der Waals surface area contributed by atoms with E-state index in [1.165, 1.54) is 0 Å². The fraction of sp³-hybridized carbons (Fsp3) is 0.300. The van der Waals surface area contributed by atoms with Crippen molar-refractivity contribution >= 4 is 23.3 Å². The predicted octanol–water partition coefficient (Wildman–Crippen LogP) is 2.23. The molecule has 8 heteroatoms. The van der Waals surface area contributed by atoms with E-state index in [-0.39, 0.29) is 11.8 Å². The van der Waals surface area contributed by atoms with Gasteiger partial charge in [0.25, 0.3) is 0 Å². The Hall–Kier alpha value is -3.42. The monoisotopic (exact) mass is 380 g/mol. The minimum absolute atomic E-state index is 0.0598. The van der Waals surface area contributed by atoms with Crippen molar-refractivity contribution in [2.75, 3.05) is 11.9 Å². The SMILES string of the molecule is CC(C)C(NC(=O)Nc1ccccc1)C(=O)NCCc1nnc2ccccn12. The van der Waals surface area contributed by atoms with Crippen LogP contribution in [0.2, 0.25) is 0 Å². The number of amides is 3. The molecule has 3 amide bonds. The molecule has 0 spiro atoms. The molecule has 8 nitrogen and oxygen atoms in total. The van der Waals surface area contributed by atoms with Crippen LogP contribution < -0.4 is 16.0 Å². The Morgan fingerprint density at radius 1 is 1.04 bits per heavy atom. The summed E-state index contributed by atoms with van der Waals surface area (Å²) in [6, 6.07) is 13.7. The average molecular weight is 380 g/mol. The van der Waals surface area contributed by atoms with Gasteiger partial charge in [0.1, 0.15) is 11.9 Å². The van der Waals surface area contributed by atoms with Crippen molar-refractivity contribution in [2.24, 2.45) is 5.92 Å². The van der Waals surface area contributed by atoms with E-state index in [1.54, 1.807) is 12.1 Å². The number of anilines is 1. The number of para-hydroxylation sites is 1. The quantitative estimate of drug-likeness (QED) is 0.585. The van der Waals surface area contributed by atoms with Gasteiger partial charge in [-0.3, -0.25) is 9.20 Å². The zero-order chi connectivity index (χ0) is 19.9. The third-order valence-electron chi connectivity index (χ3n) is 4.30. The van der Waals surface area contributed by atoms with E-state index >= 15 is 0 Å². The fourth-order valence-electron chi connectivity index (χ4n) is 2.83. The molecule has 0 bridgehead atoms. The minimum Gasteiger partial charge on any atom is -0.354 e. The number of aromatic nitrogens is 3. The van der Waals surface area contributed by atoms with Gasteiger partial charge in [0.2, 0.25) is 5.91 Å². The summed E-state index contributed by atoms with van der Waals surface area (Å²) in [7, 11) is 0. The van der Waals surface area contributed by atoms with Crippen LogP contribution in [0.3, 0.4) is 0 Å². The molecule has 28 heavy (non-hydrogen) atoms. The lowest BCUT2D eigenvalue weighted by atomic mass is 10.0. The Labute approximate surface area is 163 Å². The molecule has 0 radical (unpaired) electrons. The van der Waals surface area contributed by atoms with Crippen molar-refractivity contribution in [1.82, 2.24) is 25.2 Å². The number of carbonyl (C=O) groups is 2. The molecule has 1 unspecified atom stereocenters. The Balaban J connectivity index is 1.53. The third kappa shape index (κ3) is 4.85. The van der Waals surface area contributed by atoms with Crippen LogP contribution in [0.25, 0.3) is 5.65 Å². The van der Waals surface area contributed by atoms with Gasteiger partial charge in [0.05, 0.1) is 0 Å². The summed E-state index contributed by atoms with van der Waals surface area (Å²) >= 11 is 0. The summed E-state index contributed by atoms with van der Waals surface area (Å²) in [5, 5.41) is 16.6. The van der Waals surface area contributed by atoms with E-state index in [4.69, 9.17) is 0 Å². The molecule has 0 saturated heterocycles. The predicted molar refractivity (Wildman–Crippen MR) is 107 cm³/mol. The molecule has 2 aromatic heterocycles. The van der Waals surface area contributed by atoms with E-state index in [0.717, 1.165) is 11.5 Å². The largest absolute Gasteiger partial charge is 0.354 e. The summed E-state index contributed by atoms with van der Waals surface area (Å²) < 4.78 is 1.89. The molecular formula is C20H24N6O2. The molecule has 0 aliphatic carbocycles. The summed E-state index contributed by atoms with van der Waals surface area (Å²) in [4.78, 5) is 24.8. The standard InChI is InChI=1S/C20H24N6O2/c1-14(2)18(23-20(28)22-15-8-4-3-5-9-15)19(27)21-12-11-17-25-24-16-10-6-7-13-26(16)17/h3-10,13-14,18H,11-12H2,1-2H3,(H,21,27)(H2,22,23,28). The van der Waals surface area contributed by atoms with E-state index in [1.807, 2.05) is 60.8 Å². The maximum atomic E-state index is 12.6. The average Bonchev–Trinajstić information content (AvgIpc) is 3.10. The first kappa shape index (κ1) is 19.3. The zero-order valence-corrected chi connectivity index (χ0v) is 15.9. The maximum absolute atomic E-state index is 12.6. The smallest absolute Gasteiger partial charge is 0.319 e. The van der Waals surface area contributed by atoms with Gasteiger partial charge in [-0.05, 0) is 30.2 Å². The number of carbonyl (C=O) groups excluding carboxylic acids is 2. The van der Waals surface area contributed by atoms with E-state index < -0.39 is 12.1 Å². The summed E-state index contributed by atoms with van der Waals surface area (Å²) in [5.74, 6) is 0.481. The number of fused-ring (bicyclic) bond motifs is 1. The molecule has 0 aliphatic rings. The van der Waals surface area contributed by atoms with Crippen LogP contribution in [0.15, 0.2) is 54.7 Å². The van der Waals surface area contributed by atoms with Crippen LogP contribution >= 0.6 is 0 Å². The van der Waals surface area contributed by atoms with E-state index in [2.05, 4.69) is 26.1 Å². The van der Waals surface area contributed by atoms with Gasteiger partial charge in [0.15, 0.2) is 5.65 Å². The van der Waals surface area contributed by atoms with Gasteiger partial charge in [-0.25, -0.2) is 4.79 Å². The molecule has 0 saturated carbocycles. The van der Waals surface area contributed by atoms with Crippen molar-refractivity contribution in [3.05, 3.63) is 60.6 Å². The van der Waals surface area contributed by atoms with Crippen molar-refractivity contribution in [3.8, 4) is 0 Å². The number of hydrogen-bond acceptors (Lipinski definition) is 4. The number of nitrogens with zero attached hydrogens (tertiary/aromatic N) is 3. The number of nitrogens with one attached hydrogen (secondary N) is 3.